The number of thiazole rings is 1. The Bertz CT molecular complexity index is 493. The van der Waals surface area contributed by atoms with Gasteiger partial charge in [-0.15, -0.1) is 11.3 Å². The Hall–Kier alpha value is -1.43. The van der Waals surface area contributed by atoms with E-state index in [9.17, 15) is 9.59 Å². The summed E-state index contributed by atoms with van der Waals surface area (Å²) in [5.41, 5.74) is 1.04. The summed E-state index contributed by atoms with van der Waals surface area (Å²) in [6.45, 7) is 1.97. The van der Waals surface area contributed by atoms with Crippen LogP contribution < -0.4 is 5.32 Å². The van der Waals surface area contributed by atoms with Crippen molar-refractivity contribution >= 4 is 23.2 Å². The summed E-state index contributed by atoms with van der Waals surface area (Å²) in [6, 6.07) is 0.148. The van der Waals surface area contributed by atoms with Crippen molar-refractivity contribution in [2.24, 2.45) is 5.92 Å². The van der Waals surface area contributed by atoms with Crippen molar-refractivity contribution in [2.75, 3.05) is 0 Å². The number of rotatable bonds is 6. The number of hydrogen-bond donors (Lipinski definition) is 2. The lowest BCUT2D eigenvalue weighted by molar-refractivity contribution is -0.142. The third kappa shape index (κ3) is 5.12. The highest BCUT2D eigenvalue weighted by Gasteiger charge is 2.26. The molecule has 1 aliphatic rings. The molecule has 116 valence electrons. The Kier molecular flexibility index (Phi) is 5.73. The molecule has 6 heteroatoms. The summed E-state index contributed by atoms with van der Waals surface area (Å²) >= 11 is 1.64. The minimum atomic E-state index is -0.710. The van der Waals surface area contributed by atoms with E-state index in [-0.39, 0.29) is 17.9 Å². The summed E-state index contributed by atoms with van der Waals surface area (Å²) in [5, 5.41) is 15.1. The molecule has 0 spiro atoms. The maximum absolute atomic E-state index is 11.9. The van der Waals surface area contributed by atoms with Gasteiger partial charge in [-0.3, -0.25) is 9.59 Å². The second-order valence-corrected chi connectivity index (χ2v) is 6.63. The van der Waals surface area contributed by atoms with Crippen molar-refractivity contribution in [2.45, 2.75) is 57.9 Å². The van der Waals surface area contributed by atoms with Crippen LogP contribution in [0, 0.1) is 12.8 Å². The molecule has 1 amide bonds. The Morgan fingerprint density at radius 1 is 1.38 bits per heavy atom. The van der Waals surface area contributed by atoms with Gasteiger partial charge in [0.15, 0.2) is 0 Å². The Labute approximate surface area is 128 Å². The minimum Gasteiger partial charge on any atom is -0.481 e. The number of nitrogens with one attached hydrogen (secondary N) is 1. The third-order valence-electron chi connectivity index (χ3n) is 3.90. The van der Waals surface area contributed by atoms with Crippen LogP contribution in [0.2, 0.25) is 0 Å². The quantitative estimate of drug-likeness (QED) is 0.846. The molecule has 0 saturated heterocycles. The lowest BCUT2D eigenvalue weighted by Crippen LogP contribution is -2.38. The number of nitrogens with zero attached hydrogens (tertiary/aromatic N) is 1. The van der Waals surface area contributed by atoms with Crippen molar-refractivity contribution in [1.29, 1.82) is 0 Å². The number of hydrogen-bond acceptors (Lipinski definition) is 4. The standard InChI is InChI=1S/C15H22N2O3S/c1-10-9-21-14(16-10)4-2-3-13(18)17-12-7-5-11(6-8-12)15(19)20/h9,11-12H,2-8H2,1H3,(H,17,18)(H,19,20). The molecule has 2 N–H and O–H groups in total. The fraction of sp³-hybridized carbons (Fsp3) is 0.667. The molecular formula is C15H22N2O3S. The molecule has 1 heterocycles. The van der Waals surface area contributed by atoms with Crippen molar-refractivity contribution < 1.29 is 14.7 Å². The number of carbonyl (C=O) groups is 2. The van der Waals surface area contributed by atoms with E-state index in [1.165, 1.54) is 0 Å². The average molecular weight is 310 g/mol. The Morgan fingerprint density at radius 2 is 2.10 bits per heavy atom. The zero-order chi connectivity index (χ0) is 15.2. The molecule has 1 fully saturated rings. The van der Waals surface area contributed by atoms with Crippen LogP contribution in [-0.4, -0.2) is 28.0 Å². The Balaban J connectivity index is 1.62. The summed E-state index contributed by atoms with van der Waals surface area (Å²) < 4.78 is 0. The van der Waals surface area contributed by atoms with Crippen LogP contribution in [0.25, 0.3) is 0 Å². The van der Waals surface area contributed by atoms with Crippen LogP contribution in [0.4, 0.5) is 0 Å². The zero-order valence-electron chi connectivity index (χ0n) is 12.3. The molecule has 0 bridgehead atoms. The topological polar surface area (TPSA) is 79.3 Å². The number of aryl methyl sites for hydroxylation is 2. The molecule has 0 aliphatic heterocycles. The van der Waals surface area contributed by atoms with Gasteiger partial charge in [0, 0.05) is 23.5 Å². The van der Waals surface area contributed by atoms with Gasteiger partial charge in [-0.25, -0.2) is 4.98 Å². The smallest absolute Gasteiger partial charge is 0.306 e. The maximum Gasteiger partial charge on any atom is 0.306 e. The normalized spacial score (nSPS) is 22.0. The second kappa shape index (κ2) is 7.54. The minimum absolute atomic E-state index is 0.0713. The van der Waals surface area contributed by atoms with E-state index >= 15 is 0 Å². The van der Waals surface area contributed by atoms with Crippen molar-refractivity contribution in [3.63, 3.8) is 0 Å². The number of aliphatic carboxylic acids is 1. The first kappa shape index (κ1) is 15.9. The molecular weight excluding hydrogens is 288 g/mol. The highest BCUT2D eigenvalue weighted by atomic mass is 32.1. The highest BCUT2D eigenvalue weighted by Crippen LogP contribution is 2.24. The molecule has 0 aromatic carbocycles. The van der Waals surface area contributed by atoms with Gasteiger partial charge in [-0.1, -0.05) is 0 Å². The molecule has 1 aliphatic carbocycles. The summed E-state index contributed by atoms with van der Waals surface area (Å²) in [5.74, 6) is -0.869. The average Bonchev–Trinajstić information content (AvgIpc) is 2.85. The van der Waals surface area contributed by atoms with Crippen LogP contribution in [0.15, 0.2) is 5.38 Å². The largest absolute Gasteiger partial charge is 0.481 e. The van der Waals surface area contributed by atoms with Gasteiger partial charge in [-0.2, -0.15) is 0 Å². The SMILES string of the molecule is Cc1csc(CCCC(=O)NC2CCC(C(=O)O)CC2)n1. The van der Waals surface area contributed by atoms with E-state index in [0.29, 0.717) is 19.3 Å². The zero-order valence-corrected chi connectivity index (χ0v) is 13.1. The molecule has 0 atom stereocenters. The van der Waals surface area contributed by atoms with Gasteiger partial charge in [0.1, 0.15) is 0 Å². The molecule has 0 unspecified atom stereocenters. The van der Waals surface area contributed by atoms with Gasteiger partial charge in [0.25, 0.3) is 0 Å². The number of aromatic nitrogens is 1. The second-order valence-electron chi connectivity index (χ2n) is 5.69. The van der Waals surface area contributed by atoms with Crippen molar-refractivity contribution in [3.05, 3.63) is 16.1 Å². The van der Waals surface area contributed by atoms with E-state index < -0.39 is 5.97 Å². The first-order chi connectivity index (χ1) is 10.0. The predicted octanol–water partition coefficient (Wildman–Crippen LogP) is 2.53. The van der Waals surface area contributed by atoms with E-state index in [1.54, 1.807) is 11.3 Å². The van der Waals surface area contributed by atoms with Crippen LogP contribution in [0.3, 0.4) is 0 Å². The Morgan fingerprint density at radius 3 is 2.67 bits per heavy atom. The van der Waals surface area contributed by atoms with Crippen LogP contribution in [0.1, 0.15) is 49.2 Å². The summed E-state index contributed by atoms with van der Waals surface area (Å²) in [6.07, 6.45) is 5.04. The van der Waals surface area contributed by atoms with Gasteiger partial charge >= 0.3 is 5.97 Å². The van der Waals surface area contributed by atoms with E-state index in [1.807, 2.05) is 12.3 Å². The number of carbonyl (C=O) groups excluding carboxylic acids is 1. The number of amides is 1. The lowest BCUT2D eigenvalue weighted by Gasteiger charge is -2.26. The van der Waals surface area contributed by atoms with Gasteiger partial charge in [0.2, 0.25) is 5.91 Å². The van der Waals surface area contributed by atoms with Crippen LogP contribution >= 0.6 is 11.3 Å². The first-order valence-corrected chi connectivity index (χ1v) is 8.35. The van der Waals surface area contributed by atoms with E-state index in [2.05, 4.69) is 10.3 Å². The molecule has 21 heavy (non-hydrogen) atoms. The predicted molar refractivity (Wildman–Crippen MR) is 81.3 cm³/mol. The van der Waals surface area contributed by atoms with Crippen molar-refractivity contribution in [1.82, 2.24) is 10.3 Å². The lowest BCUT2D eigenvalue weighted by atomic mass is 9.86. The molecule has 1 aromatic heterocycles. The van der Waals surface area contributed by atoms with E-state index in [4.69, 9.17) is 5.11 Å². The fourth-order valence-electron chi connectivity index (χ4n) is 2.70. The maximum atomic E-state index is 11.9. The summed E-state index contributed by atoms with van der Waals surface area (Å²) in [7, 11) is 0. The third-order valence-corrected chi connectivity index (χ3v) is 4.93. The van der Waals surface area contributed by atoms with Crippen molar-refractivity contribution in [3.8, 4) is 0 Å². The highest BCUT2D eigenvalue weighted by molar-refractivity contribution is 7.09. The van der Waals surface area contributed by atoms with Crippen LogP contribution in [-0.2, 0) is 16.0 Å². The molecule has 2 rings (SSSR count). The molecule has 1 aromatic rings. The fourth-order valence-corrected chi connectivity index (χ4v) is 3.52. The first-order valence-electron chi connectivity index (χ1n) is 7.48. The van der Waals surface area contributed by atoms with Gasteiger partial charge in [-0.05, 0) is 45.4 Å². The number of carboxylic acid groups (broad SMARTS) is 1. The molecule has 1 saturated carbocycles. The molecule has 0 radical (unpaired) electrons. The van der Waals surface area contributed by atoms with E-state index in [0.717, 1.165) is 36.4 Å². The monoisotopic (exact) mass is 310 g/mol. The molecule has 5 nitrogen and oxygen atoms in total. The summed E-state index contributed by atoms with van der Waals surface area (Å²) in [4.78, 5) is 27.1. The number of carboxylic acids is 1. The van der Waals surface area contributed by atoms with Gasteiger partial charge < -0.3 is 10.4 Å². The van der Waals surface area contributed by atoms with Crippen LogP contribution in [0.5, 0.6) is 0 Å². The van der Waals surface area contributed by atoms with Gasteiger partial charge in [0.05, 0.1) is 10.9 Å².